The molecule has 6 nitrogen and oxygen atoms in total. The summed E-state index contributed by atoms with van der Waals surface area (Å²) in [7, 11) is 0. The molecule has 0 saturated carbocycles. The molecule has 0 fully saturated rings. The van der Waals surface area contributed by atoms with Crippen LogP contribution in [0.3, 0.4) is 0 Å². The van der Waals surface area contributed by atoms with Crippen molar-refractivity contribution >= 4 is 46.7 Å². The molecule has 0 saturated heterocycles. The van der Waals surface area contributed by atoms with Gasteiger partial charge >= 0.3 is 0 Å². The van der Waals surface area contributed by atoms with Gasteiger partial charge in [0.1, 0.15) is 5.75 Å². The number of ether oxygens (including phenoxy) is 1. The minimum Gasteiger partial charge on any atom is -0.493 e. The van der Waals surface area contributed by atoms with Crippen LogP contribution in [0, 0.1) is 0 Å². The van der Waals surface area contributed by atoms with E-state index in [4.69, 9.17) is 51.0 Å². The SMILES string of the molecule is NC1=NC(c2ccccc2Cl)N(CCCOc2ccc(Cl)c(Cl)c2)C(N)=N1. The van der Waals surface area contributed by atoms with Crippen molar-refractivity contribution in [2.45, 2.75) is 12.6 Å². The number of rotatable bonds is 6. The minimum absolute atomic E-state index is 0.126. The van der Waals surface area contributed by atoms with E-state index in [1.165, 1.54) is 0 Å². The lowest BCUT2D eigenvalue weighted by Crippen LogP contribution is -2.45. The minimum atomic E-state index is -0.429. The van der Waals surface area contributed by atoms with E-state index in [1.54, 1.807) is 24.3 Å². The topological polar surface area (TPSA) is 89.2 Å². The Balaban J connectivity index is 1.65. The number of guanidine groups is 2. The molecule has 27 heavy (non-hydrogen) atoms. The highest BCUT2D eigenvalue weighted by Crippen LogP contribution is 2.30. The fraction of sp³-hybridized carbons (Fsp3) is 0.222. The number of nitrogens with two attached hydrogens (primary N) is 2. The molecule has 0 radical (unpaired) electrons. The van der Waals surface area contributed by atoms with Gasteiger partial charge in [-0.1, -0.05) is 53.0 Å². The first-order valence-electron chi connectivity index (χ1n) is 8.22. The molecule has 4 N–H and O–H groups in total. The summed E-state index contributed by atoms with van der Waals surface area (Å²) >= 11 is 18.2. The zero-order chi connectivity index (χ0) is 19.4. The molecule has 0 aliphatic carbocycles. The predicted molar refractivity (Wildman–Crippen MR) is 111 cm³/mol. The number of nitrogens with zero attached hydrogens (tertiary/aromatic N) is 3. The van der Waals surface area contributed by atoms with Crippen LogP contribution in [0.4, 0.5) is 0 Å². The first kappa shape index (κ1) is 19.6. The fourth-order valence-corrected chi connectivity index (χ4v) is 3.20. The summed E-state index contributed by atoms with van der Waals surface area (Å²) in [5, 5.41) is 1.52. The third kappa shape index (κ3) is 4.77. The fourth-order valence-electron chi connectivity index (χ4n) is 2.68. The maximum atomic E-state index is 6.32. The van der Waals surface area contributed by atoms with Gasteiger partial charge < -0.3 is 21.1 Å². The Morgan fingerprint density at radius 2 is 1.78 bits per heavy atom. The van der Waals surface area contributed by atoms with Crippen molar-refractivity contribution in [2.24, 2.45) is 21.5 Å². The molecule has 9 heteroatoms. The molecule has 0 spiro atoms. The standard InChI is InChI=1S/C18H18Cl3N5O/c19-13-5-2-1-4-12(13)16-24-17(22)25-18(23)26(16)8-3-9-27-11-6-7-14(20)15(21)10-11/h1-2,4-7,10,16H,3,8-9H2,(H4,22,23,24,25). The number of halogens is 3. The first-order chi connectivity index (χ1) is 13.0. The Hall–Kier alpha value is -2.15. The summed E-state index contributed by atoms with van der Waals surface area (Å²) in [5.74, 6) is 1.07. The average molecular weight is 427 g/mol. The summed E-state index contributed by atoms with van der Waals surface area (Å²) in [6.07, 6.45) is 0.244. The Labute approximate surface area is 172 Å². The predicted octanol–water partition coefficient (Wildman–Crippen LogP) is 4.06. The van der Waals surface area contributed by atoms with Gasteiger partial charge in [0.25, 0.3) is 0 Å². The molecule has 1 aliphatic heterocycles. The van der Waals surface area contributed by atoms with Crippen LogP contribution in [0.15, 0.2) is 52.4 Å². The number of hydrogen-bond donors (Lipinski definition) is 2. The van der Waals surface area contributed by atoms with E-state index in [2.05, 4.69) is 9.98 Å². The smallest absolute Gasteiger partial charge is 0.220 e. The molecule has 3 rings (SSSR count). The monoisotopic (exact) mass is 425 g/mol. The zero-order valence-electron chi connectivity index (χ0n) is 14.3. The van der Waals surface area contributed by atoms with E-state index >= 15 is 0 Å². The third-order valence-corrected chi connectivity index (χ3v) is 5.04. The second-order valence-electron chi connectivity index (χ2n) is 5.82. The summed E-state index contributed by atoms with van der Waals surface area (Å²) in [6.45, 7) is 1.01. The lowest BCUT2D eigenvalue weighted by atomic mass is 10.1. The van der Waals surface area contributed by atoms with Gasteiger partial charge in [-0.25, -0.2) is 4.99 Å². The van der Waals surface area contributed by atoms with Crippen LogP contribution >= 0.6 is 34.8 Å². The maximum Gasteiger partial charge on any atom is 0.220 e. The molecule has 2 aromatic rings. The summed E-state index contributed by atoms with van der Waals surface area (Å²) in [4.78, 5) is 10.3. The Bertz CT molecular complexity index is 887. The summed E-state index contributed by atoms with van der Waals surface area (Å²) < 4.78 is 5.72. The van der Waals surface area contributed by atoms with Crippen LogP contribution in [0.2, 0.25) is 15.1 Å². The van der Waals surface area contributed by atoms with E-state index in [1.807, 2.05) is 23.1 Å². The molecule has 0 bridgehead atoms. The van der Waals surface area contributed by atoms with Crippen molar-refractivity contribution in [2.75, 3.05) is 13.2 Å². The van der Waals surface area contributed by atoms with Crippen LogP contribution in [0.25, 0.3) is 0 Å². The molecule has 1 aliphatic rings. The molecule has 0 aromatic heterocycles. The van der Waals surface area contributed by atoms with E-state index in [-0.39, 0.29) is 5.96 Å². The molecular weight excluding hydrogens is 409 g/mol. The molecule has 142 valence electrons. The lowest BCUT2D eigenvalue weighted by molar-refractivity contribution is 0.258. The van der Waals surface area contributed by atoms with E-state index in [9.17, 15) is 0 Å². The quantitative estimate of drug-likeness (QED) is 0.682. The van der Waals surface area contributed by atoms with Gasteiger partial charge in [0.2, 0.25) is 11.9 Å². The Kier molecular flexibility index (Phi) is 6.31. The first-order valence-corrected chi connectivity index (χ1v) is 9.35. The Morgan fingerprint density at radius 3 is 2.52 bits per heavy atom. The second kappa shape index (κ2) is 8.69. The maximum absolute atomic E-state index is 6.32. The number of hydrogen-bond acceptors (Lipinski definition) is 6. The second-order valence-corrected chi connectivity index (χ2v) is 7.05. The highest BCUT2D eigenvalue weighted by molar-refractivity contribution is 6.42. The normalized spacial score (nSPS) is 16.7. The van der Waals surface area contributed by atoms with Gasteiger partial charge in [-0.3, -0.25) is 0 Å². The highest BCUT2D eigenvalue weighted by atomic mass is 35.5. The van der Waals surface area contributed by atoms with Crippen molar-refractivity contribution in [1.82, 2.24) is 4.90 Å². The highest BCUT2D eigenvalue weighted by Gasteiger charge is 2.27. The van der Waals surface area contributed by atoms with Crippen molar-refractivity contribution < 1.29 is 4.74 Å². The number of aliphatic imine (C=N–C) groups is 2. The van der Waals surface area contributed by atoms with E-state index in [0.29, 0.717) is 46.3 Å². The molecule has 2 aromatic carbocycles. The summed E-state index contributed by atoms with van der Waals surface area (Å²) in [5.41, 5.74) is 12.7. The van der Waals surface area contributed by atoms with Crippen LogP contribution in [0.5, 0.6) is 5.75 Å². The molecule has 1 unspecified atom stereocenters. The number of benzene rings is 2. The molecular formula is C18H18Cl3N5O. The van der Waals surface area contributed by atoms with Gasteiger partial charge in [0.15, 0.2) is 6.17 Å². The van der Waals surface area contributed by atoms with Gasteiger partial charge in [-0.2, -0.15) is 4.99 Å². The molecule has 1 heterocycles. The van der Waals surface area contributed by atoms with E-state index < -0.39 is 6.17 Å². The van der Waals surface area contributed by atoms with Crippen LogP contribution < -0.4 is 16.2 Å². The average Bonchev–Trinajstić information content (AvgIpc) is 2.63. The van der Waals surface area contributed by atoms with Crippen molar-refractivity contribution in [3.63, 3.8) is 0 Å². The Morgan fingerprint density at radius 1 is 1.00 bits per heavy atom. The van der Waals surface area contributed by atoms with Gasteiger partial charge in [0, 0.05) is 23.2 Å². The van der Waals surface area contributed by atoms with Crippen LogP contribution in [-0.2, 0) is 0 Å². The molecule has 0 amide bonds. The largest absolute Gasteiger partial charge is 0.493 e. The molecule has 1 atom stereocenters. The lowest BCUT2D eigenvalue weighted by Gasteiger charge is -2.33. The van der Waals surface area contributed by atoms with Gasteiger partial charge in [-0.15, -0.1) is 0 Å². The zero-order valence-corrected chi connectivity index (χ0v) is 16.5. The van der Waals surface area contributed by atoms with Crippen molar-refractivity contribution in [3.8, 4) is 5.75 Å². The van der Waals surface area contributed by atoms with Crippen LogP contribution in [0.1, 0.15) is 18.2 Å². The third-order valence-electron chi connectivity index (χ3n) is 3.96. The van der Waals surface area contributed by atoms with Gasteiger partial charge in [-0.05, 0) is 24.6 Å². The summed E-state index contributed by atoms with van der Waals surface area (Å²) in [6, 6.07) is 12.6. The van der Waals surface area contributed by atoms with Crippen molar-refractivity contribution in [1.29, 1.82) is 0 Å². The van der Waals surface area contributed by atoms with Crippen LogP contribution in [-0.4, -0.2) is 30.0 Å². The van der Waals surface area contributed by atoms with Crippen molar-refractivity contribution in [3.05, 3.63) is 63.1 Å². The van der Waals surface area contributed by atoms with E-state index in [0.717, 1.165) is 5.56 Å². The van der Waals surface area contributed by atoms with Gasteiger partial charge in [0.05, 0.1) is 16.7 Å².